The van der Waals surface area contributed by atoms with E-state index in [0.29, 0.717) is 6.04 Å². The van der Waals surface area contributed by atoms with Crippen molar-refractivity contribution in [3.63, 3.8) is 0 Å². The molecule has 2 heterocycles. The molecule has 1 unspecified atom stereocenters. The van der Waals surface area contributed by atoms with Crippen LogP contribution in [0.3, 0.4) is 0 Å². The minimum atomic E-state index is 0.151. The van der Waals surface area contributed by atoms with Gasteiger partial charge in [0.05, 0.1) is 12.3 Å². The first kappa shape index (κ1) is 10.6. The second-order valence-corrected chi connectivity index (χ2v) is 4.38. The van der Waals surface area contributed by atoms with E-state index in [1.165, 1.54) is 5.56 Å². The number of benzene rings is 1. The van der Waals surface area contributed by atoms with Gasteiger partial charge in [-0.3, -0.25) is 5.32 Å². The van der Waals surface area contributed by atoms with Gasteiger partial charge in [-0.05, 0) is 17.7 Å². The molecule has 0 aliphatic carbocycles. The van der Waals surface area contributed by atoms with E-state index in [2.05, 4.69) is 34.9 Å². The van der Waals surface area contributed by atoms with Crippen molar-refractivity contribution >= 4 is 0 Å². The molecule has 2 aromatic rings. The van der Waals surface area contributed by atoms with Gasteiger partial charge in [-0.2, -0.15) is 0 Å². The van der Waals surface area contributed by atoms with Gasteiger partial charge in [0.15, 0.2) is 0 Å². The molecule has 1 aromatic heterocycles. The average Bonchev–Trinajstić information content (AvgIpc) is 2.82. The summed E-state index contributed by atoms with van der Waals surface area (Å²) < 4.78 is 5.54. The van der Waals surface area contributed by atoms with E-state index in [9.17, 15) is 0 Å². The van der Waals surface area contributed by atoms with E-state index < -0.39 is 0 Å². The third-order valence-electron chi connectivity index (χ3n) is 3.14. The van der Waals surface area contributed by atoms with Crippen LogP contribution in [0.2, 0.25) is 0 Å². The quantitative estimate of drug-likeness (QED) is 0.839. The van der Waals surface area contributed by atoms with Crippen LogP contribution in [-0.4, -0.2) is 19.1 Å². The van der Waals surface area contributed by atoms with E-state index in [4.69, 9.17) is 4.42 Å². The van der Waals surface area contributed by atoms with Gasteiger partial charge in [0.1, 0.15) is 5.76 Å². The lowest BCUT2D eigenvalue weighted by Gasteiger charge is -2.32. The summed E-state index contributed by atoms with van der Waals surface area (Å²) >= 11 is 0. The maximum atomic E-state index is 5.54. The molecule has 2 N–H and O–H groups in total. The predicted octanol–water partition coefficient (Wildman–Crippen LogP) is 1.93. The molecular weight excluding hydrogens is 212 g/mol. The zero-order valence-electron chi connectivity index (χ0n) is 9.60. The molecule has 1 fully saturated rings. The lowest BCUT2D eigenvalue weighted by atomic mass is 10.0. The van der Waals surface area contributed by atoms with Gasteiger partial charge < -0.3 is 9.73 Å². The van der Waals surface area contributed by atoms with E-state index in [-0.39, 0.29) is 6.04 Å². The summed E-state index contributed by atoms with van der Waals surface area (Å²) in [5.74, 6) is 0.975. The Labute approximate surface area is 101 Å². The summed E-state index contributed by atoms with van der Waals surface area (Å²) in [5.41, 5.74) is 1.24. The van der Waals surface area contributed by atoms with E-state index >= 15 is 0 Å². The monoisotopic (exact) mass is 228 g/mol. The highest BCUT2D eigenvalue weighted by Gasteiger charge is 2.24. The molecule has 3 nitrogen and oxygen atoms in total. The Bertz CT molecular complexity index is 448. The first-order valence-corrected chi connectivity index (χ1v) is 5.98. The predicted molar refractivity (Wildman–Crippen MR) is 66.8 cm³/mol. The van der Waals surface area contributed by atoms with Crippen molar-refractivity contribution in [1.82, 2.24) is 10.6 Å². The lowest BCUT2D eigenvalue weighted by molar-refractivity contribution is 0.325. The first-order chi connectivity index (χ1) is 8.43. The molecular formula is C14H16N2O. The molecule has 0 saturated carbocycles. The highest BCUT2D eigenvalue weighted by atomic mass is 16.3. The van der Waals surface area contributed by atoms with Gasteiger partial charge in [-0.15, -0.1) is 0 Å². The third kappa shape index (κ3) is 2.25. The number of furan rings is 1. The van der Waals surface area contributed by atoms with Crippen LogP contribution in [0.1, 0.15) is 17.4 Å². The standard InChI is InChI=1S/C14H16N2O/c1-2-5-11(6-3-1)14(13-7-4-8-17-13)16-12-9-15-10-12/h1-8,12,14-16H,9-10H2. The average molecular weight is 228 g/mol. The Hall–Kier alpha value is -1.58. The second kappa shape index (κ2) is 4.73. The largest absolute Gasteiger partial charge is 0.467 e. The summed E-state index contributed by atoms with van der Waals surface area (Å²) in [6, 6.07) is 15.1. The third-order valence-corrected chi connectivity index (χ3v) is 3.14. The van der Waals surface area contributed by atoms with Crippen molar-refractivity contribution < 1.29 is 4.42 Å². The van der Waals surface area contributed by atoms with Gasteiger partial charge in [-0.25, -0.2) is 0 Å². The zero-order valence-corrected chi connectivity index (χ0v) is 9.60. The molecule has 1 saturated heterocycles. The van der Waals surface area contributed by atoms with E-state index in [0.717, 1.165) is 18.8 Å². The van der Waals surface area contributed by atoms with Crippen LogP contribution in [0.4, 0.5) is 0 Å². The molecule has 3 rings (SSSR count). The minimum absolute atomic E-state index is 0.151. The Balaban J connectivity index is 1.85. The van der Waals surface area contributed by atoms with Crippen LogP contribution >= 0.6 is 0 Å². The summed E-state index contributed by atoms with van der Waals surface area (Å²) in [6.07, 6.45) is 1.73. The van der Waals surface area contributed by atoms with Crippen molar-refractivity contribution in [3.8, 4) is 0 Å². The summed E-state index contributed by atoms with van der Waals surface area (Å²) in [5, 5.41) is 6.89. The van der Waals surface area contributed by atoms with Gasteiger partial charge in [0.25, 0.3) is 0 Å². The van der Waals surface area contributed by atoms with Crippen LogP contribution in [-0.2, 0) is 0 Å². The number of rotatable bonds is 4. The fraction of sp³-hybridized carbons (Fsp3) is 0.286. The topological polar surface area (TPSA) is 37.2 Å². The van der Waals surface area contributed by atoms with Crippen LogP contribution in [0.25, 0.3) is 0 Å². The molecule has 0 radical (unpaired) electrons. The molecule has 88 valence electrons. The van der Waals surface area contributed by atoms with Gasteiger partial charge in [-0.1, -0.05) is 30.3 Å². The fourth-order valence-corrected chi connectivity index (χ4v) is 2.09. The summed E-state index contributed by atoms with van der Waals surface area (Å²) in [6.45, 7) is 2.06. The van der Waals surface area contributed by atoms with Gasteiger partial charge >= 0.3 is 0 Å². The molecule has 0 amide bonds. The van der Waals surface area contributed by atoms with Gasteiger partial charge in [0, 0.05) is 19.1 Å². The van der Waals surface area contributed by atoms with Crippen molar-refractivity contribution in [2.75, 3.05) is 13.1 Å². The van der Waals surface area contributed by atoms with Crippen LogP contribution < -0.4 is 10.6 Å². The van der Waals surface area contributed by atoms with Crippen molar-refractivity contribution in [2.24, 2.45) is 0 Å². The molecule has 1 aromatic carbocycles. The van der Waals surface area contributed by atoms with Crippen molar-refractivity contribution in [2.45, 2.75) is 12.1 Å². The SMILES string of the molecule is c1ccc(C(NC2CNC2)c2ccco2)cc1. The molecule has 0 bridgehead atoms. The van der Waals surface area contributed by atoms with Crippen LogP contribution in [0.15, 0.2) is 53.1 Å². The van der Waals surface area contributed by atoms with Gasteiger partial charge in [0.2, 0.25) is 0 Å². The van der Waals surface area contributed by atoms with Crippen LogP contribution in [0, 0.1) is 0 Å². The lowest BCUT2D eigenvalue weighted by Crippen LogP contribution is -2.56. The summed E-state index contributed by atoms with van der Waals surface area (Å²) in [4.78, 5) is 0. The smallest absolute Gasteiger partial charge is 0.125 e. The number of hydrogen-bond donors (Lipinski definition) is 2. The minimum Gasteiger partial charge on any atom is -0.467 e. The number of nitrogens with one attached hydrogen (secondary N) is 2. The van der Waals surface area contributed by atoms with E-state index in [1.807, 2.05) is 18.2 Å². The molecule has 0 spiro atoms. The van der Waals surface area contributed by atoms with Crippen LogP contribution in [0.5, 0.6) is 0 Å². The summed E-state index contributed by atoms with van der Waals surface area (Å²) in [7, 11) is 0. The molecule has 1 atom stereocenters. The normalized spacial score (nSPS) is 17.6. The first-order valence-electron chi connectivity index (χ1n) is 5.98. The maximum absolute atomic E-state index is 5.54. The maximum Gasteiger partial charge on any atom is 0.125 e. The molecule has 3 heteroatoms. The zero-order chi connectivity index (χ0) is 11.5. The Morgan fingerprint density at radius 1 is 1.12 bits per heavy atom. The molecule has 1 aliphatic rings. The van der Waals surface area contributed by atoms with E-state index in [1.54, 1.807) is 6.26 Å². The van der Waals surface area contributed by atoms with Crippen molar-refractivity contribution in [3.05, 3.63) is 60.1 Å². The highest BCUT2D eigenvalue weighted by molar-refractivity contribution is 5.26. The Kier molecular flexibility index (Phi) is 2.94. The fourth-order valence-electron chi connectivity index (χ4n) is 2.09. The molecule has 17 heavy (non-hydrogen) atoms. The Morgan fingerprint density at radius 3 is 2.53 bits per heavy atom. The molecule has 1 aliphatic heterocycles. The Morgan fingerprint density at radius 2 is 1.94 bits per heavy atom. The number of hydrogen-bond acceptors (Lipinski definition) is 3. The highest BCUT2D eigenvalue weighted by Crippen LogP contribution is 2.23. The van der Waals surface area contributed by atoms with Crippen molar-refractivity contribution in [1.29, 1.82) is 0 Å². The second-order valence-electron chi connectivity index (χ2n) is 4.38.